The highest BCUT2D eigenvalue weighted by atomic mass is 16.5. The number of carbonyl (C=O) groups excluding carboxylic acids is 3. The molecule has 12 heteroatoms. The second-order valence-electron chi connectivity index (χ2n) is 9.44. The minimum Gasteiger partial charge on any atom is -0.460 e. The Labute approximate surface area is 237 Å². The summed E-state index contributed by atoms with van der Waals surface area (Å²) in [5, 5.41) is 0. The van der Waals surface area contributed by atoms with Gasteiger partial charge in [-0.1, -0.05) is 50.6 Å². The standard InChI is InChI=1S/C29H37N3O9/c1-21(2)25(34)39-19-17-31-27(36)30(28(37)32(29(31)38)18-20-40-26(35)22(3)4)16-12-7-5-6-11-15-24(33)41-23-13-9-8-10-14-23/h8-10,13-14H,1,3,5-7,11-12,15-20H2,2,4H3. The fourth-order valence-electron chi connectivity index (χ4n) is 3.70. The number of carbonyl (C=O) groups is 3. The van der Waals surface area contributed by atoms with Crippen LogP contribution in [0.3, 0.4) is 0 Å². The molecular formula is C29H37N3O9. The van der Waals surface area contributed by atoms with Gasteiger partial charge in [0.1, 0.15) is 19.0 Å². The first-order chi connectivity index (χ1) is 19.5. The summed E-state index contributed by atoms with van der Waals surface area (Å²) in [6.07, 6.45) is 3.56. The van der Waals surface area contributed by atoms with Crippen LogP contribution in [0, 0.1) is 0 Å². The van der Waals surface area contributed by atoms with Crippen LogP contribution in [0.25, 0.3) is 0 Å². The zero-order chi connectivity index (χ0) is 30.4. The summed E-state index contributed by atoms with van der Waals surface area (Å²) >= 11 is 0. The Morgan fingerprint density at radius 3 is 1.59 bits per heavy atom. The quantitative estimate of drug-likeness (QED) is 0.121. The molecule has 2 aromatic rings. The van der Waals surface area contributed by atoms with Crippen LogP contribution >= 0.6 is 0 Å². The molecule has 0 aliphatic rings. The molecule has 0 saturated heterocycles. The van der Waals surface area contributed by atoms with E-state index in [1.54, 1.807) is 24.3 Å². The van der Waals surface area contributed by atoms with E-state index in [0.717, 1.165) is 26.5 Å². The molecule has 0 radical (unpaired) electrons. The van der Waals surface area contributed by atoms with Gasteiger partial charge in [-0.3, -0.25) is 4.79 Å². The van der Waals surface area contributed by atoms with E-state index in [0.29, 0.717) is 25.0 Å². The third kappa shape index (κ3) is 10.5. The van der Waals surface area contributed by atoms with Crippen molar-refractivity contribution < 1.29 is 28.6 Å². The lowest BCUT2D eigenvalue weighted by molar-refractivity contribution is -0.140. The zero-order valence-corrected chi connectivity index (χ0v) is 23.6. The summed E-state index contributed by atoms with van der Waals surface area (Å²) < 4.78 is 17.8. The average Bonchev–Trinajstić information content (AvgIpc) is 2.93. The number of ether oxygens (including phenoxy) is 3. The zero-order valence-electron chi connectivity index (χ0n) is 23.6. The normalized spacial score (nSPS) is 10.6. The maximum Gasteiger partial charge on any atom is 0.336 e. The van der Waals surface area contributed by atoms with E-state index in [-0.39, 0.29) is 56.4 Å². The van der Waals surface area contributed by atoms with E-state index < -0.39 is 29.0 Å². The molecule has 0 amide bonds. The van der Waals surface area contributed by atoms with Crippen molar-refractivity contribution in [2.24, 2.45) is 0 Å². The minimum atomic E-state index is -0.906. The van der Waals surface area contributed by atoms with Gasteiger partial charge in [-0.2, -0.15) is 0 Å². The van der Waals surface area contributed by atoms with E-state index in [4.69, 9.17) is 14.2 Å². The fourth-order valence-corrected chi connectivity index (χ4v) is 3.70. The van der Waals surface area contributed by atoms with E-state index in [1.807, 2.05) is 6.07 Å². The average molecular weight is 572 g/mol. The van der Waals surface area contributed by atoms with Gasteiger partial charge in [-0.25, -0.2) is 37.7 Å². The number of hydrogen-bond acceptors (Lipinski definition) is 9. The molecule has 12 nitrogen and oxygen atoms in total. The monoisotopic (exact) mass is 571 g/mol. The van der Waals surface area contributed by atoms with Crippen molar-refractivity contribution in [3.05, 3.63) is 86.1 Å². The lowest BCUT2D eigenvalue weighted by Gasteiger charge is -2.14. The Balaban J connectivity index is 2.00. The van der Waals surface area contributed by atoms with E-state index in [9.17, 15) is 28.8 Å². The topological polar surface area (TPSA) is 145 Å². The third-order valence-electron chi connectivity index (χ3n) is 5.92. The summed E-state index contributed by atoms with van der Waals surface area (Å²) in [4.78, 5) is 74.4. The number of rotatable bonds is 17. The summed E-state index contributed by atoms with van der Waals surface area (Å²) in [7, 11) is 0. The Kier molecular flexibility index (Phi) is 13.2. The van der Waals surface area contributed by atoms with Crippen molar-refractivity contribution >= 4 is 17.9 Å². The van der Waals surface area contributed by atoms with Crippen molar-refractivity contribution in [1.82, 2.24) is 13.7 Å². The number of esters is 3. The van der Waals surface area contributed by atoms with Crippen LogP contribution < -0.4 is 21.8 Å². The van der Waals surface area contributed by atoms with Crippen LogP contribution in [0.2, 0.25) is 0 Å². The molecule has 0 aliphatic carbocycles. The van der Waals surface area contributed by atoms with Gasteiger partial charge in [-0.05, 0) is 38.8 Å². The van der Waals surface area contributed by atoms with Crippen molar-refractivity contribution in [3.8, 4) is 5.75 Å². The molecule has 0 aliphatic heterocycles. The Morgan fingerprint density at radius 1 is 0.659 bits per heavy atom. The predicted octanol–water partition coefficient (Wildman–Crippen LogP) is 2.36. The Morgan fingerprint density at radius 2 is 1.10 bits per heavy atom. The van der Waals surface area contributed by atoms with Crippen LogP contribution in [0.4, 0.5) is 0 Å². The second-order valence-corrected chi connectivity index (χ2v) is 9.44. The SMILES string of the molecule is C=C(C)C(=O)OCCn1c(=O)n(CCCCCCCC(=O)Oc2ccccc2)c(=O)n(CCOC(=O)C(=C)C)c1=O. The molecule has 1 heterocycles. The summed E-state index contributed by atoms with van der Waals surface area (Å²) in [6, 6.07) is 8.82. The molecule has 0 saturated carbocycles. The lowest BCUT2D eigenvalue weighted by atomic mass is 10.1. The molecule has 1 aromatic heterocycles. The van der Waals surface area contributed by atoms with Gasteiger partial charge in [0.25, 0.3) is 0 Å². The fraction of sp³-hybridized carbons (Fsp3) is 0.448. The van der Waals surface area contributed by atoms with Gasteiger partial charge >= 0.3 is 35.0 Å². The second kappa shape index (κ2) is 16.6. The van der Waals surface area contributed by atoms with Crippen molar-refractivity contribution in [1.29, 1.82) is 0 Å². The van der Waals surface area contributed by atoms with Crippen molar-refractivity contribution in [2.75, 3.05) is 13.2 Å². The van der Waals surface area contributed by atoms with Crippen molar-refractivity contribution in [3.63, 3.8) is 0 Å². The minimum absolute atomic E-state index is 0.0467. The van der Waals surface area contributed by atoms with Crippen LogP contribution in [-0.2, 0) is 43.5 Å². The number of unbranched alkanes of at least 4 members (excludes halogenated alkanes) is 4. The maximum atomic E-state index is 13.0. The molecule has 41 heavy (non-hydrogen) atoms. The Bertz CT molecular complexity index is 1350. The molecule has 2 rings (SSSR count). The summed E-state index contributed by atoms with van der Waals surface area (Å²) in [5.41, 5.74) is -2.24. The van der Waals surface area contributed by atoms with E-state index >= 15 is 0 Å². The molecule has 0 atom stereocenters. The smallest absolute Gasteiger partial charge is 0.336 e. The van der Waals surface area contributed by atoms with Crippen LogP contribution in [0.5, 0.6) is 5.75 Å². The van der Waals surface area contributed by atoms with Gasteiger partial charge in [0.2, 0.25) is 0 Å². The van der Waals surface area contributed by atoms with Crippen LogP contribution in [0.15, 0.2) is 69.0 Å². The van der Waals surface area contributed by atoms with E-state index in [1.165, 1.54) is 13.8 Å². The predicted molar refractivity (Wildman–Crippen MR) is 151 cm³/mol. The van der Waals surface area contributed by atoms with Crippen LogP contribution in [0.1, 0.15) is 52.4 Å². The number of aromatic nitrogens is 3. The van der Waals surface area contributed by atoms with Gasteiger partial charge in [0.15, 0.2) is 0 Å². The number of nitrogens with zero attached hydrogens (tertiary/aromatic N) is 3. The van der Waals surface area contributed by atoms with E-state index in [2.05, 4.69) is 13.2 Å². The number of benzene rings is 1. The highest BCUT2D eigenvalue weighted by Crippen LogP contribution is 2.11. The first-order valence-electron chi connectivity index (χ1n) is 13.4. The van der Waals surface area contributed by atoms with Gasteiger partial charge in [-0.15, -0.1) is 0 Å². The van der Waals surface area contributed by atoms with Gasteiger partial charge < -0.3 is 14.2 Å². The Hall–Kier alpha value is -4.48. The van der Waals surface area contributed by atoms with Gasteiger partial charge in [0, 0.05) is 24.1 Å². The third-order valence-corrected chi connectivity index (χ3v) is 5.92. The molecule has 0 unspecified atom stereocenters. The first-order valence-corrected chi connectivity index (χ1v) is 13.4. The molecule has 0 bridgehead atoms. The molecule has 0 fully saturated rings. The summed E-state index contributed by atoms with van der Waals surface area (Å²) in [6.45, 7) is 8.81. The summed E-state index contributed by atoms with van der Waals surface area (Å²) in [5.74, 6) is -1.16. The first kappa shape index (κ1) is 32.7. The van der Waals surface area contributed by atoms with Gasteiger partial charge in [0.05, 0.1) is 13.1 Å². The highest BCUT2D eigenvalue weighted by molar-refractivity contribution is 5.87. The molecule has 0 spiro atoms. The number of hydrogen-bond donors (Lipinski definition) is 0. The maximum absolute atomic E-state index is 13.0. The molecular weight excluding hydrogens is 534 g/mol. The molecule has 1 aromatic carbocycles. The van der Waals surface area contributed by atoms with Crippen molar-refractivity contribution in [2.45, 2.75) is 72.0 Å². The number of para-hydroxylation sites is 1. The van der Waals surface area contributed by atoms with Crippen LogP contribution in [-0.4, -0.2) is 44.8 Å². The largest absolute Gasteiger partial charge is 0.460 e. The lowest BCUT2D eigenvalue weighted by Crippen LogP contribution is -2.55. The molecule has 0 N–H and O–H groups in total. The molecule has 222 valence electrons. The highest BCUT2D eigenvalue weighted by Gasteiger charge is 2.17.